The van der Waals surface area contributed by atoms with Crippen LogP contribution < -0.4 is 5.73 Å². The minimum atomic E-state index is -0.732. The molecule has 1 saturated heterocycles. The van der Waals surface area contributed by atoms with Gasteiger partial charge in [-0.25, -0.2) is 0 Å². The first-order valence-electron chi connectivity index (χ1n) is 5.35. The van der Waals surface area contributed by atoms with Gasteiger partial charge in [0, 0.05) is 6.04 Å². The first kappa shape index (κ1) is 11.5. The van der Waals surface area contributed by atoms with Crippen LogP contribution in [0.15, 0.2) is 0 Å². The van der Waals surface area contributed by atoms with E-state index in [0.717, 1.165) is 19.4 Å². The SMILES string of the molecule is CC1CCCCN1C(CCN)C(=O)O. The van der Waals surface area contributed by atoms with Gasteiger partial charge in [-0.2, -0.15) is 0 Å². The molecule has 3 N–H and O–H groups in total. The van der Waals surface area contributed by atoms with Gasteiger partial charge in [0.1, 0.15) is 6.04 Å². The van der Waals surface area contributed by atoms with Gasteiger partial charge in [0.05, 0.1) is 0 Å². The zero-order valence-corrected chi connectivity index (χ0v) is 8.78. The molecule has 4 heteroatoms. The molecule has 0 radical (unpaired) electrons. The van der Waals surface area contributed by atoms with E-state index >= 15 is 0 Å². The highest BCUT2D eigenvalue weighted by molar-refractivity contribution is 5.73. The van der Waals surface area contributed by atoms with Gasteiger partial charge in [-0.05, 0) is 39.3 Å². The van der Waals surface area contributed by atoms with Crippen LogP contribution in [0.5, 0.6) is 0 Å². The molecule has 0 aliphatic carbocycles. The molecule has 0 aromatic heterocycles. The largest absolute Gasteiger partial charge is 0.480 e. The van der Waals surface area contributed by atoms with Gasteiger partial charge in [0.15, 0.2) is 0 Å². The van der Waals surface area contributed by atoms with Crippen molar-refractivity contribution in [3.8, 4) is 0 Å². The topological polar surface area (TPSA) is 66.6 Å². The fourth-order valence-electron chi connectivity index (χ4n) is 2.17. The Morgan fingerprint density at radius 1 is 1.64 bits per heavy atom. The molecule has 0 saturated carbocycles. The molecule has 2 atom stereocenters. The van der Waals surface area contributed by atoms with Crippen LogP contribution in [0, 0.1) is 0 Å². The summed E-state index contributed by atoms with van der Waals surface area (Å²) in [4.78, 5) is 13.1. The smallest absolute Gasteiger partial charge is 0.320 e. The average Bonchev–Trinajstić information content (AvgIpc) is 2.15. The molecule has 1 rings (SSSR count). The number of piperidine rings is 1. The van der Waals surface area contributed by atoms with E-state index in [4.69, 9.17) is 10.8 Å². The number of carboxylic acids is 1. The number of carboxylic acid groups (broad SMARTS) is 1. The summed E-state index contributed by atoms with van der Waals surface area (Å²) in [7, 11) is 0. The third-order valence-electron chi connectivity index (χ3n) is 2.98. The Morgan fingerprint density at radius 3 is 2.86 bits per heavy atom. The Bertz CT molecular complexity index is 197. The number of hydrogen-bond acceptors (Lipinski definition) is 3. The molecule has 1 fully saturated rings. The van der Waals surface area contributed by atoms with E-state index in [1.54, 1.807) is 0 Å². The second-order valence-electron chi connectivity index (χ2n) is 4.01. The highest BCUT2D eigenvalue weighted by atomic mass is 16.4. The van der Waals surface area contributed by atoms with Crippen LogP contribution in [0.25, 0.3) is 0 Å². The van der Waals surface area contributed by atoms with Crippen molar-refractivity contribution in [3.05, 3.63) is 0 Å². The zero-order valence-electron chi connectivity index (χ0n) is 8.78. The van der Waals surface area contributed by atoms with Crippen molar-refractivity contribution in [1.29, 1.82) is 0 Å². The lowest BCUT2D eigenvalue weighted by Crippen LogP contribution is -2.49. The quantitative estimate of drug-likeness (QED) is 0.699. The lowest BCUT2D eigenvalue weighted by Gasteiger charge is -2.37. The van der Waals surface area contributed by atoms with E-state index in [2.05, 4.69) is 11.8 Å². The summed E-state index contributed by atoms with van der Waals surface area (Å²) in [6.45, 7) is 3.45. The van der Waals surface area contributed by atoms with Crippen molar-refractivity contribution in [2.75, 3.05) is 13.1 Å². The number of carbonyl (C=O) groups is 1. The van der Waals surface area contributed by atoms with Crippen LogP contribution in [0.3, 0.4) is 0 Å². The number of nitrogens with two attached hydrogens (primary N) is 1. The van der Waals surface area contributed by atoms with Crippen LogP contribution in [0.2, 0.25) is 0 Å². The molecule has 0 aromatic carbocycles. The number of aliphatic carboxylic acids is 1. The Morgan fingerprint density at radius 2 is 2.36 bits per heavy atom. The van der Waals surface area contributed by atoms with Crippen molar-refractivity contribution < 1.29 is 9.90 Å². The summed E-state index contributed by atoms with van der Waals surface area (Å²) >= 11 is 0. The van der Waals surface area contributed by atoms with Gasteiger partial charge in [0.25, 0.3) is 0 Å². The standard InChI is InChI=1S/C10H20N2O2/c1-8-4-2-3-7-12(8)9(5-6-11)10(13)14/h8-9H,2-7,11H2,1H3,(H,13,14). The maximum Gasteiger partial charge on any atom is 0.320 e. The Kier molecular flexibility index (Phi) is 4.35. The molecule has 14 heavy (non-hydrogen) atoms. The Balaban J connectivity index is 2.60. The molecule has 0 spiro atoms. The predicted molar refractivity (Wildman–Crippen MR) is 55.1 cm³/mol. The minimum absolute atomic E-state index is 0.379. The van der Waals surface area contributed by atoms with Crippen molar-refractivity contribution in [1.82, 2.24) is 4.90 Å². The van der Waals surface area contributed by atoms with Gasteiger partial charge >= 0.3 is 5.97 Å². The second-order valence-corrected chi connectivity index (χ2v) is 4.01. The number of hydrogen-bond donors (Lipinski definition) is 2. The first-order chi connectivity index (χ1) is 6.66. The van der Waals surface area contributed by atoms with Crippen LogP contribution in [0.1, 0.15) is 32.6 Å². The molecule has 4 nitrogen and oxygen atoms in total. The van der Waals surface area contributed by atoms with E-state index in [1.807, 2.05) is 0 Å². The summed E-state index contributed by atoms with van der Waals surface area (Å²) in [5.41, 5.74) is 5.43. The van der Waals surface area contributed by atoms with E-state index in [0.29, 0.717) is 19.0 Å². The van der Waals surface area contributed by atoms with Crippen molar-refractivity contribution in [3.63, 3.8) is 0 Å². The van der Waals surface area contributed by atoms with Gasteiger partial charge in [-0.1, -0.05) is 6.42 Å². The lowest BCUT2D eigenvalue weighted by molar-refractivity contribution is -0.145. The number of rotatable bonds is 4. The summed E-state index contributed by atoms with van der Waals surface area (Å²) in [5.74, 6) is -0.732. The van der Waals surface area contributed by atoms with E-state index < -0.39 is 5.97 Å². The molecule has 1 aliphatic rings. The van der Waals surface area contributed by atoms with E-state index in [1.165, 1.54) is 6.42 Å². The van der Waals surface area contributed by atoms with Gasteiger partial charge in [-0.3, -0.25) is 9.69 Å². The van der Waals surface area contributed by atoms with Crippen LogP contribution >= 0.6 is 0 Å². The maximum absolute atomic E-state index is 11.0. The molecule has 0 amide bonds. The monoisotopic (exact) mass is 200 g/mol. The highest BCUT2D eigenvalue weighted by Crippen LogP contribution is 2.20. The molecule has 1 heterocycles. The van der Waals surface area contributed by atoms with E-state index in [9.17, 15) is 4.79 Å². The third kappa shape index (κ3) is 2.69. The third-order valence-corrected chi connectivity index (χ3v) is 2.98. The van der Waals surface area contributed by atoms with Gasteiger partial charge in [-0.15, -0.1) is 0 Å². The lowest BCUT2D eigenvalue weighted by atomic mass is 10.00. The van der Waals surface area contributed by atoms with Crippen LogP contribution in [-0.4, -0.2) is 41.1 Å². The molecule has 0 bridgehead atoms. The maximum atomic E-state index is 11.0. The van der Waals surface area contributed by atoms with Crippen molar-refractivity contribution in [2.24, 2.45) is 5.73 Å². The fraction of sp³-hybridized carbons (Fsp3) is 0.900. The van der Waals surface area contributed by atoms with Crippen molar-refractivity contribution in [2.45, 2.75) is 44.7 Å². The Hall–Kier alpha value is -0.610. The summed E-state index contributed by atoms with van der Waals surface area (Å²) in [6.07, 6.45) is 3.99. The highest BCUT2D eigenvalue weighted by Gasteiger charge is 2.29. The molecular weight excluding hydrogens is 180 g/mol. The normalized spacial score (nSPS) is 26.0. The van der Waals surface area contributed by atoms with Gasteiger partial charge in [0.2, 0.25) is 0 Å². The summed E-state index contributed by atoms with van der Waals surface area (Å²) in [6, 6.07) is 0.00620. The minimum Gasteiger partial charge on any atom is -0.480 e. The van der Waals surface area contributed by atoms with E-state index in [-0.39, 0.29) is 6.04 Å². The van der Waals surface area contributed by atoms with Crippen LogP contribution in [0.4, 0.5) is 0 Å². The summed E-state index contributed by atoms with van der Waals surface area (Å²) < 4.78 is 0. The zero-order chi connectivity index (χ0) is 10.6. The van der Waals surface area contributed by atoms with Crippen molar-refractivity contribution >= 4 is 5.97 Å². The second kappa shape index (κ2) is 5.32. The molecule has 1 aliphatic heterocycles. The molecule has 0 aromatic rings. The number of nitrogens with zero attached hydrogens (tertiary/aromatic N) is 1. The Labute approximate surface area is 85.1 Å². The predicted octanol–water partition coefficient (Wildman–Crippen LogP) is 0.663. The number of likely N-dealkylation sites (tertiary alicyclic amines) is 1. The molecular formula is C10H20N2O2. The first-order valence-corrected chi connectivity index (χ1v) is 5.35. The van der Waals surface area contributed by atoms with Crippen LogP contribution in [-0.2, 0) is 4.79 Å². The fourth-order valence-corrected chi connectivity index (χ4v) is 2.17. The molecule has 2 unspecified atom stereocenters. The van der Waals surface area contributed by atoms with Gasteiger partial charge < -0.3 is 10.8 Å². The molecule has 82 valence electrons. The average molecular weight is 200 g/mol. The summed E-state index contributed by atoms with van der Waals surface area (Å²) in [5, 5.41) is 9.08.